The van der Waals surface area contributed by atoms with Gasteiger partial charge >= 0.3 is 11.9 Å². The number of rotatable bonds is 7. The van der Waals surface area contributed by atoms with Crippen LogP contribution in [0.25, 0.3) is 0 Å². The van der Waals surface area contributed by atoms with Gasteiger partial charge in [-0.1, -0.05) is 30.3 Å². The first-order valence-electron chi connectivity index (χ1n) is 10.3. The van der Waals surface area contributed by atoms with Gasteiger partial charge in [-0.05, 0) is 31.5 Å². The van der Waals surface area contributed by atoms with Crippen molar-refractivity contribution in [2.45, 2.75) is 25.5 Å². The molecular weight excluding hydrogens is 424 g/mol. The molecule has 2 aromatic heterocycles. The van der Waals surface area contributed by atoms with Crippen LogP contribution in [0.3, 0.4) is 0 Å². The lowest BCUT2D eigenvalue weighted by atomic mass is 10.0. The number of aliphatic hydroxyl groups excluding tert-OH is 1. The number of hydrogen-bond donors (Lipinski definition) is 3. The zero-order valence-corrected chi connectivity index (χ0v) is 18.5. The largest absolute Gasteiger partial charge is 0.465 e. The number of nitrogens with one attached hydrogen (secondary N) is 2. The number of hydrogen-bond acceptors (Lipinski definition) is 9. The molecule has 1 aliphatic rings. The molecule has 4 rings (SSSR count). The maximum atomic E-state index is 12.3. The SMILES string of the molecule is COC(=O)c1cnc(Nc2ccc3c(n2)C(C)(C)OC3=O)cc1N[C@H](CO)c1ccccc1. The van der Waals surface area contributed by atoms with Crippen LogP contribution < -0.4 is 10.6 Å². The van der Waals surface area contributed by atoms with Gasteiger partial charge in [0.25, 0.3) is 0 Å². The van der Waals surface area contributed by atoms with Gasteiger partial charge in [0.1, 0.15) is 28.5 Å². The predicted octanol–water partition coefficient (Wildman–Crippen LogP) is 3.56. The lowest BCUT2D eigenvalue weighted by Gasteiger charge is -2.20. The smallest absolute Gasteiger partial charge is 0.341 e. The van der Waals surface area contributed by atoms with E-state index in [0.717, 1.165) is 5.56 Å². The third-order valence-electron chi connectivity index (χ3n) is 5.31. The van der Waals surface area contributed by atoms with Crippen molar-refractivity contribution < 1.29 is 24.2 Å². The van der Waals surface area contributed by atoms with Crippen molar-refractivity contribution in [1.29, 1.82) is 0 Å². The third-order valence-corrected chi connectivity index (χ3v) is 5.31. The molecule has 3 aromatic rings. The van der Waals surface area contributed by atoms with Gasteiger partial charge in [-0.15, -0.1) is 0 Å². The van der Waals surface area contributed by atoms with E-state index in [9.17, 15) is 14.7 Å². The lowest BCUT2D eigenvalue weighted by Crippen LogP contribution is -2.18. The van der Waals surface area contributed by atoms with E-state index < -0.39 is 23.6 Å². The van der Waals surface area contributed by atoms with E-state index in [2.05, 4.69) is 20.6 Å². The van der Waals surface area contributed by atoms with Crippen molar-refractivity contribution in [3.05, 3.63) is 77.1 Å². The molecule has 1 atom stereocenters. The second kappa shape index (κ2) is 8.87. The Kier molecular flexibility index (Phi) is 5.97. The number of methoxy groups -OCH3 is 1. The highest BCUT2D eigenvalue weighted by Gasteiger charge is 2.39. The van der Waals surface area contributed by atoms with E-state index in [1.165, 1.54) is 13.3 Å². The summed E-state index contributed by atoms with van der Waals surface area (Å²) >= 11 is 0. The molecule has 33 heavy (non-hydrogen) atoms. The highest BCUT2D eigenvalue weighted by molar-refractivity contribution is 5.96. The van der Waals surface area contributed by atoms with Crippen molar-refractivity contribution in [2.24, 2.45) is 0 Å². The molecule has 3 heterocycles. The number of ether oxygens (including phenoxy) is 2. The van der Waals surface area contributed by atoms with Crippen LogP contribution in [0.15, 0.2) is 54.7 Å². The molecule has 3 N–H and O–H groups in total. The Morgan fingerprint density at radius 3 is 2.64 bits per heavy atom. The van der Waals surface area contributed by atoms with Crippen LogP contribution >= 0.6 is 0 Å². The standard InChI is InChI=1S/C24H24N4O5/c1-24(2)21-15(23(31)33-24)9-10-19(28-21)27-20-11-17(16(12-25-20)22(30)32-3)26-18(13-29)14-7-5-4-6-8-14/h4-12,18,29H,13H2,1-3H3,(H2,25,26,27,28)/t18-/m1/s1. The number of nitrogens with zero attached hydrogens (tertiary/aromatic N) is 2. The number of benzene rings is 1. The summed E-state index contributed by atoms with van der Waals surface area (Å²) in [5.41, 5.74) is 1.64. The first-order chi connectivity index (χ1) is 15.8. The Labute approximate surface area is 190 Å². The van der Waals surface area contributed by atoms with Gasteiger partial charge in [-0.3, -0.25) is 0 Å². The number of cyclic esters (lactones) is 1. The summed E-state index contributed by atoms with van der Waals surface area (Å²) in [6.07, 6.45) is 1.39. The molecule has 170 valence electrons. The van der Waals surface area contributed by atoms with E-state index in [-0.39, 0.29) is 12.2 Å². The summed E-state index contributed by atoms with van der Waals surface area (Å²) in [6, 6.07) is 13.9. The van der Waals surface area contributed by atoms with E-state index >= 15 is 0 Å². The quantitative estimate of drug-likeness (QED) is 0.466. The van der Waals surface area contributed by atoms with Crippen LogP contribution in [0.1, 0.15) is 51.9 Å². The van der Waals surface area contributed by atoms with Crippen molar-refractivity contribution in [1.82, 2.24) is 9.97 Å². The van der Waals surface area contributed by atoms with Crippen LogP contribution in [0, 0.1) is 0 Å². The molecule has 9 heteroatoms. The van der Waals surface area contributed by atoms with Gasteiger partial charge in [0.2, 0.25) is 0 Å². The number of carbonyl (C=O) groups is 2. The minimum Gasteiger partial charge on any atom is -0.465 e. The molecular formula is C24H24N4O5. The number of carbonyl (C=O) groups excluding carboxylic acids is 2. The van der Waals surface area contributed by atoms with Gasteiger partial charge in [-0.25, -0.2) is 19.6 Å². The van der Waals surface area contributed by atoms with Crippen LogP contribution in [-0.4, -0.2) is 40.7 Å². The van der Waals surface area contributed by atoms with Crippen molar-refractivity contribution in [3.63, 3.8) is 0 Å². The highest BCUT2D eigenvalue weighted by atomic mass is 16.6. The molecule has 0 fully saturated rings. The Balaban J connectivity index is 1.65. The van der Waals surface area contributed by atoms with Gasteiger partial charge in [0.15, 0.2) is 0 Å². The summed E-state index contributed by atoms with van der Waals surface area (Å²) < 4.78 is 10.2. The van der Waals surface area contributed by atoms with E-state index in [4.69, 9.17) is 9.47 Å². The first-order valence-corrected chi connectivity index (χ1v) is 10.3. The summed E-state index contributed by atoms with van der Waals surface area (Å²) in [5.74, 6) is -0.0945. The molecule has 0 aliphatic carbocycles. The molecule has 1 aromatic carbocycles. The van der Waals surface area contributed by atoms with Crippen LogP contribution in [0.2, 0.25) is 0 Å². The zero-order valence-electron chi connectivity index (χ0n) is 18.5. The van der Waals surface area contributed by atoms with E-state index in [0.29, 0.717) is 28.6 Å². The van der Waals surface area contributed by atoms with Gasteiger partial charge < -0.3 is 25.2 Å². The Bertz CT molecular complexity index is 1200. The number of esters is 2. The van der Waals surface area contributed by atoms with Gasteiger partial charge in [0.05, 0.1) is 31.0 Å². The van der Waals surface area contributed by atoms with Gasteiger partial charge in [-0.2, -0.15) is 0 Å². The molecule has 0 saturated heterocycles. The first kappa shape index (κ1) is 22.2. The fourth-order valence-corrected chi connectivity index (χ4v) is 3.64. The Morgan fingerprint density at radius 1 is 1.18 bits per heavy atom. The fraction of sp³-hybridized carbons (Fsp3) is 0.250. The van der Waals surface area contributed by atoms with E-state index in [1.807, 2.05) is 30.3 Å². The zero-order chi connectivity index (χ0) is 23.6. The second-order valence-corrected chi connectivity index (χ2v) is 8.01. The van der Waals surface area contributed by atoms with Crippen LogP contribution in [0.4, 0.5) is 17.3 Å². The lowest BCUT2D eigenvalue weighted by molar-refractivity contribution is 0.00832. The summed E-state index contributed by atoms with van der Waals surface area (Å²) in [6.45, 7) is 3.36. The average molecular weight is 448 g/mol. The Morgan fingerprint density at radius 2 is 1.94 bits per heavy atom. The maximum absolute atomic E-state index is 12.3. The molecule has 0 amide bonds. The number of pyridine rings is 2. The number of aromatic nitrogens is 2. The number of aliphatic hydroxyl groups is 1. The molecule has 0 spiro atoms. The topological polar surface area (TPSA) is 123 Å². The minimum atomic E-state index is -0.830. The Hall–Kier alpha value is -3.98. The minimum absolute atomic E-state index is 0.189. The molecule has 9 nitrogen and oxygen atoms in total. The third kappa shape index (κ3) is 4.49. The van der Waals surface area contributed by atoms with Crippen LogP contribution in [0.5, 0.6) is 0 Å². The monoisotopic (exact) mass is 448 g/mol. The van der Waals surface area contributed by atoms with Crippen molar-refractivity contribution in [3.8, 4) is 0 Å². The molecule has 1 aliphatic heterocycles. The summed E-state index contributed by atoms with van der Waals surface area (Å²) in [5, 5.41) is 16.2. The van der Waals surface area contributed by atoms with Crippen molar-refractivity contribution in [2.75, 3.05) is 24.4 Å². The molecule has 0 saturated carbocycles. The van der Waals surface area contributed by atoms with Gasteiger partial charge in [0, 0.05) is 12.3 Å². The molecule has 0 unspecified atom stereocenters. The fourth-order valence-electron chi connectivity index (χ4n) is 3.64. The number of anilines is 3. The average Bonchev–Trinajstić information content (AvgIpc) is 3.05. The predicted molar refractivity (Wildman–Crippen MR) is 121 cm³/mol. The second-order valence-electron chi connectivity index (χ2n) is 8.01. The van der Waals surface area contributed by atoms with Crippen molar-refractivity contribution >= 4 is 29.3 Å². The van der Waals surface area contributed by atoms with Crippen LogP contribution in [-0.2, 0) is 15.1 Å². The van der Waals surface area contributed by atoms with E-state index in [1.54, 1.807) is 32.0 Å². The highest BCUT2D eigenvalue weighted by Crippen LogP contribution is 2.35. The maximum Gasteiger partial charge on any atom is 0.341 e. The summed E-state index contributed by atoms with van der Waals surface area (Å²) in [4.78, 5) is 33.1. The molecule has 0 radical (unpaired) electrons. The normalized spacial score (nSPS) is 14.7. The number of fused-ring (bicyclic) bond motifs is 1. The molecule has 0 bridgehead atoms. The summed E-state index contributed by atoms with van der Waals surface area (Å²) in [7, 11) is 1.29.